The number of carbonyl (C=O) groups is 2. The van der Waals surface area contributed by atoms with E-state index in [0.29, 0.717) is 25.9 Å². The highest BCUT2D eigenvalue weighted by atomic mass is 16.4. The molecule has 0 fully saturated rings. The van der Waals surface area contributed by atoms with Crippen LogP contribution in [0.25, 0.3) is 11.0 Å². The van der Waals surface area contributed by atoms with Crippen molar-refractivity contribution in [3.05, 3.63) is 30.6 Å². The van der Waals surface area contributed by atoms with Gasteiger partial charge in [0.25, 0.3) is 0 Å². The number of nitrogens with one attached hydrogen (secondary N) is 1. The van der Waals surface area contributed by atoms with Crippen molar-refractivity contribution in [2.45, 2.75) is 26.3 Å². The molecule has 0 bridgehead atoms. The molecule has 21 heavy (non-hydrogen) atoms. The molecule has 2 rings (SSSR count). The van der Waals surface area contributed by atoms with E-state index in [2.05, 4.69) is 10.3 Å². The number of aryl methyl sites for hydroxylation is 1. The maximum Gasteiger partial charge on any atom is 0.306 e. The van der Waals surface area contributed by atoms with E-state index >= 15 is 0 Å². The number of imidazole rings is 1. The van der Waals surface area contributed by atoms with Crippen LogP contribution in [0, 0.1) is 5.92 Å². The topological polar surface area (TPSA) is 84.2 Å². The van der Waals surface area contributed by atoms with Gasteiger partial charge in [0.1, 0.15) is 0 Å². The number of nitrogens with zero attached hydrogens (tertiary/aromatic N) is 2. The summed E-state index contributed by atoms with van der Waals surface area (Å²) in [5, 5.41) is 11.5. The smallest absolute Gasteiger partial charge is 0.306 e. The molecule has 0 radical (unpaired) electrons. The number of rotatable bonds is 7. The summed E-state index contributed by atoms with van der Waals surface area (Å²) in [4.78, 5) is 26.7. The Hall–Kier alpha value is -2.37. The summed E-state index contributed by atoms with van der Waals surface area (Å²) in [5.74, 6) is -1.36. The molecule has 1 amide bonds. The van der Waals surface area contributed by atoms with E-state index in [0.717, 1.165) is 11.0 Å². The molecular weight excluding hydrogens is 270 g/mol. The molecule has 1 heterocycles. The Bertz CT molecular complexity index is 636. The molecule has 2 N–H and O–H groups in total. The molecule has 0 aliphatic carbocycles. The summed E-state index contributed by atoms with van der Waals surface area (Å²) in [6.07, 6.45) is 2.52. The number of para-hydroxylation sites is 2. The number of carboxylic acids is 1. The summed E-state index contributed by atoms with van der Waals surface area (Å²) in [6, 6.07) is 7.76. The number of carbonyl (C=O) groups excluding carboxylic acids is 1. The first-order valence-corrected chi connectivity index (χ1v) is 6.97. The van der Waals surface area contributed by atoms with Crippen LogP contribution in [0.3, 0.4) is 0 Å². The maximum absolute atomic E-state index is 11.7. The number of benzene rings is 1. The molecule has 0 saturated heterocycles. The molecule has 6 heteroatoms. The standard InChI is InChI=1S/C15H19N3O3/c1-11(15(20)21)6-8-16-14(19)7-9-18-10-17-12-4-2-3-5-13(12)18/h2-5,10-11H,6-9H2,1H3,(H,16,19)(H,20,21). The van der Waals surface area contributed by atoms with Gasteiger partial charge >= 0.3 is 5.97 Å². The fourth-order valence-electron chi connectivity index (χ4n) is 2.05. The summed E-state index contributed by atoms with van der Waals surface area (Å²) in [5.41, 5.74) is 1.91. The Balaban J connectivity index is 1.78. The maximum atomic E-state index is 11.7. The summed E-state index contributed by atoms with van der Waals surface area (Å²) in [6.45, 7) is 2.57. The molecule has 6 nitrogen and oxygen atoms in total. The van der Waals surface area contributed by atoms with Crippen LogP contribution in [0.4, 0.5) is 0 Å². The lowest BCUT2D eigenvalue weighted by molar-refractivity contribution is -0.141. The highest BCUT2D eigenvalue weighted by Crippen LogP contribution is 2.12. The zero-order valence-electron chi connectivity index (χ0n) is 12.0. The van der Waals surface area contributed by atoms with Gasteiger partial charge in [0.15, 0.2) is 0 Å². The second kappa shape index (κ2) is 6.88. The fourth-order valence-corrected chi connectivity index (χ4v) is 2.05. The largest absolute Gasteiger partial charge is 0.481 e. The van der Waals surface area contributed by atoms with Gasteiger partial charge in [-0.1, -0.05) is 19.1 Å². The van der Waals surface area contributed by atoms with Gasteiger partial charge in [0, 0.05) is 19.5 Å². The van der Waals surface area contributed by atoms with Crippen molar-refractivity contribution in [3.63, 3.8) is 0 Å². The monoisotopic (exact) mass is 289 g/mol. The number of hydrogen-bond acceptors (Lipinski definition) is 3. The quantitative estimate of drug-likeness (QED) is 0.811. The third kappa shape index (κ3) is 4.05. The van der Waals surface area contributed by atoms with Crippen LogP contribution in [-0.2, 0) is 16.1 Å². The highest BCUT2D eigenvalue weighted by molar-refractivity contribution is 5.77. The van der Waals surface area contributed by atoms with Gasteiger partial charge in [-0.3, -0.25) is 9.59 Å². The average molecular weight is 289 g/mol. The van der Waals surface area contributed by atoms with Crippen molar-refractivity contribution in [2.24, 2.45) is 5.92 Å². The number of hydrogen-bond donors (Lipinski definition) is 2. The van der Waals surface area contributed by atoms with E-state index < -0.39 is 11.9 Å². The molecule has 0 saturated carbocycles. The van der Waals surface area contributed by atoms with E-state index in [1.54, 1.807) is 13.3 Å². The minimum atomic E-state index is -0.839. The van der Waals surface area contributed by atoms with E-state index in [9.17, 15) is 9.59 Å². The normalized spacial score (nSPS) is 12.2. The molecule has 0 spiro atoms. The molecule has 112 valence electrons. The minimum Gasteiger partial charge on any atom is -0.481 e. The van der Waals surface area contributed by atoms with Crippen molar-refractivity contribution >= 4 is 22.9 Å². The lowest BCUT2D eigenvalue weighted by atomic mass is 10.1. The number of amides is 1. The molecule has 1 aromatic carbocycles. The summed E-state index contributed by atoms with van der Waals surface area (Å²) in [7, 11) is 0. The number of carboxylic acid groups (broad SMARTS) is 1. The number of aromatic nitrogens is 2. The van der Waals surface area contributed by atoms with Crippen LogP contribution in [0.5, 0.6) is 0 Å². The molecule has 1 aromatic heterocycles. The zero-order valence-corrected chi connectivity index (χ0v) is 12.0. The van der Waals surface area contributed by atoms with Gasteiger partial charge in [-0.25, -0.2) is 4.98 Å². The minimum absolute atomic E-state index is 0.0784. The lowest BCUT2D eigenvalue weighted by Crippen LogP contribution is -2.27. The molecule has 1 atom stereocenters. The lowest BCUT2D eigenvalue weighted by Gasteiger charge is -2.08. The second-order valence-corrected chi connectivity index (χ2v) is 5.05. The summed E-state index contributed by atoms with van der Waals surface area (Å²) >= 11 is 0. The van der Waals surface area contributed by atoms with Crippen molar-refractivity contribution in [3.8, 4) is 0 Å². The van der Waals surface area contributed by atoms with E-state index in [-0.39, 0.29) is 5.91 Å². The SMILES string of the molecule is CC(CCNC(=O)CCn1cnc2ccccc21)C(=O)O. The number of fused-ring (bicyclic) bond motifs is 1. The Morgan fingerprint density at radius 2 is 2.14 bits per heavy atom. The Morgan fingerprint density at radius 1 is 1.38 bits per heavy atom. The first-order chi connectivity index (χ1) is 10.1. The predicted octanol–water partition coefficient (Wildman–Crippen LogP) is 1.65. The van der Waals surface area contributed by atoms with Gasteiger partial charge in [0.05, 0.1) is 23.3 Å². The molecule has 1 unspecified atom stereocenters. The van der Waals surface area contributed by atoms with Crippen LogP contribution in [0.1, 0.15) is 19.8 Å². The van der Waals surface area contributed by atoms with Crippen molar-refractivity contribution < 1.29 is 14.7 Å². The zero-order chi connectivity index (χ0) is 15.2. The van der Waals surface area contributed by atoms with Crippen LogP contribution < -0.4 is 5.32 Å². The van der Waals surface area contributed by atoms with Gasteiger partial charge in [-0.2, -0.15) is 0 Å². The average Bonchev–Trinajstić information content (AvgIpc) is 2.88. The molecule has 0 aliphatic heterocycles. The van der Waals surface area contributed by atoms with Crippen LogP contribution in [0.15, 0.2) is 30.6 Å². The Kier molecular flexibility index (Phi) is 4.92. The van der Waals surface area contributed by atoms with E-state index in [1.807, 2.05) is 28.8 Å². The van der Waals surface area contributed by atoms with Gasteiger partial charge in [-0.05, 0) is 18.6 Å². The van der Waals surface area contributed by atoms with E-state index in [1.165, 1.54) is 0 Å². The van der Waals surface area contributed by atoms with E-state index in [4.69, 9.17) is 5.11 Å². The van der Waals surface area contributed by atoms with Crippen molar-refractivity contribution in [1.82, 2.24) is 14.9 Å². The third-order valence-electron chi connectivity index (χ3n) is 3.43. The van der Waals surface area contributed by atoms with Gasteiger partial charge in [-0.15, -0.1) is 0 Å². The highest BCUT2D eigenvalue weighted by Gasteiger charge is 2.11. The number of aliphatic carboxylic acids is 1. The molecule has 0 aliphatic rings. The first-order valence-electron chi connectivity index (χ1n) is 6.97. The van der Waals surface area contributed by atoms with Gasteiger partial charge in [0.2, 0.25) is 5.91 Å². The second-order valence-electron chi connectivity index (χ2n) is 5.05. The fraction of sp³-hybridized carbons (Fsp3) is 0.400. The first kappa shape index (κ1) is 15.0. The van der Waals surface area contributed by atoms with Crippen LogP contribution in [-0.4, -0.2) is 33.1 Å². The Labute approximate surface area is 122 Å². The molecular formula is C15H19N3O3. The van der Waals surface area contributed by atoms with Crippen LogP contribution in [0.2, 0.25) is 0 Å². The molecule has 2 aromatic rings. The van der Waals surface area contributed by atoms with Crippen molar-refractivity contribution in [1.29, 1.82) is 0 Å². The summed E-state index contributed by atoms with van der Waals surface area (Å²) < 4.78 is 1.94. The third-order valence-corrected chi connectivity index (χ3v) is 3.43. The van der Waals surface area contributed by atoms with Crippen LogP contribution >= 0.6 is 0 Å². The predicted molar refractivity (Wildman–Crippen MR) is 78.8 cm³/mol. The Morgan fingerprint density at radius 3 is 2.90 bits per heavy atom. The van der Waals surface area contributed by atoms with Gasteiger partial charge < -0.3 is 15.0 Å². The van der Waals surface area contributed by atoms with Crippen molar-refractivity contribution in [2.75, 3.05) is 6.54 Å².